The molecule has 2 aromatic heterocycles. The Hall–Kier alpha value is -2.35. The van der Waals surface area contributed by atoms with Gasteiger partial charge in [0.2, 0.25) is 0 Å². The molecule has 31 heavy (non-hydrogen) atoms. The zero-order valence-electron chi connectivity index (χ0n) is 16.1. The number of nitrogens with zero attached hydrogens (tertiary/aromatic N) is 4. The molecule has 0 spiro atoms. The Bertz CT molecular complexity index is 1480. The Morgan fingerprint density at radius 2 is 1.29 bits per heavy atom. The van der Waals surface area contributed by atoms with Crippen LogP contribution in [0, 0.1) is 0 Å². The zero-order chi connectivity index (χ0) is 20.9. The molecule has 3 aromatic carbocycles. The van der Waals surface area contributed by atoms with Gasteiger partial charge in [-0.1, -0.05) is 0 Å². The van der Waals surface area contributed by atoms with Gasteiger partial charge in [-0.2, -0.15) is 0 Å². The summed E-state index contributed by atoms with van der Waals surface area (Å²) in [4.78, 5) is 18.7. The van der Waals surface area contributed by atoms with Crippen molar-refractivity contribution < 1.29 is 21.2 Å². The molecule has 4 nitrogen and oxygen atoms in total. The molecule has 1 aliphatic rings. The monoisotopic (exact) mass is 555 g/mol. The van der Waals surface area contributed by atoms with E-state index in [1.54, 1.807) is 0 Å². The molecule has 1 atom stereocenters. The van der Waals surface area contributed by atoms with Crippen molar-refractivity contribution in [2.75, 3.05) is 4.43 Å². The molecule has 152 valence electrons. The van der Waals surface area contributed by atoms with Gasteiger partial charge in [0.25, 0.3) is 0 Å². The van der Waals surface area contributed by atoms with E-state index < -0.39 is 0 Å². The number of aromatic nitrogens is 4. The summed E-state index contributed by atoms with van der Waals surface area (Å²) in [7, 11) is 0. The van der Waals surface area contributed by atoms with Crippen molar-refractivity contribution in [3.05, 3.63) is 82.6 Å². The molecule has 0 radical (unpaired) electrons. The van der Waals surface area contributed by atoms with E-state index in [1.165, 1.54) is 9.99 Å². The topological polar surface area (TPSA) is 51.6 Å². The summed E-state index contributed by atoms with van der Waals surface area (Å²) in [5.41, 5.74) is 4.93. The van der Waals surface area contributed by atoms with Gasteiger partial charge in [0.1, 0.15) is 0 Å². The average Bonchev–Trinajstić information content (AvgIpc) is 3.64. The SMILES string of the molecule is Clc1nc(-c2ccc(-c3nc(Cl)c4ccccc4n3)c(C3C[I-]3)c2)nc2ccccc12. The van der Waals surface area contributed by atoms with Crippen LogP contribution in [-0.2, 0) is 0 Å². The van der Waals surface area contributed by atoms with Gasteiger partial charge < -0.3 is 0 Å². The van der Waals surface area contributed by atoms with Crippen LogP contribution in [0.15, 0.2) is 66.7 Å². The van der Waals surface area contributed by atoms with Crippen molar-refractivity contribution in [3.63, 3.8) is 0 Å². The minimum atomic E-state index is 0.170. The molecule has 1 aliphatic heterocycles. The number of benzene rings is 3. The second-order valence-electron chi connectivity index (χ2n) is 7.29. The van der Waals surface area contributed by atoms with E-state index in [9.17, 15) is 0 Å². The summed E-state index contributed by atoms with van der Waals surface area (Å²) < 4.78 is 1.86. The van der Waals surface area contributed by atoms with Gasteiger partial charge in [0, 0.05) is 0 Å². The predicted octanol–water partition coefficient (Wildman–Crippen LogP) is 3.36. The molecule has 0 N–H and O–H groups in total. The number of halogens is 3. The van der Waals surface area contributed by atoms with E-state index in [2.05, 4.69) is 22.1 Å². The van der Waals surface area contributed by atoms with Crippen LogP contribution in [0.5, 0.6) is 0 Å². The second kappa shape index (κ2) is 7.65. The Morgan fingerprint density at radius 3 is 1.94 bits per heavy atom. The number of hydrogen-bond donors (Lipinski definition) is 0. The van der Waals surface area contributed by atoms with Crippen LogP contribution in [0.4, 0.5) is 0 Å². The third kappa shape index (κ3) is 3.54. The van der Waals surface area contributed by atoms with Crippen LogP contribution < -0.4 is 21.2 Å². The van der Waals surface area contributed by atoms with E-state index in [0.29, 0.717) is 25.9 Å². The molecular weight excluding hydrogens is 542 g/mol. The Balaban J connectivity index is 1.51. The van der Waals surface area contributed by atoms with Crippen LogP contribution in [0.1, 0.15) is 9.49 Å². The zero-order valence-corrected chi connectivity index (χ0v) is 19.7. The number of para-hydroxylation sites is 2. The van der Waals surface area contributed by atoms with Crippen molar-refractivity contribution in [1.29, 1.82) is 0 Å². The fourth-order valence-corrected chi connectivity index (χ4v) is 5.90. The van der Waals surface area contributed by atoms with Crippen LogP contribution in [0.25, 0.3) is 44.6 Å². The van der Waals surface area contributed by atoms with Gasteiger partial charge in [-0.15, -0.1) is 0 Å². The standard InChI is InChI=1S/C24H14Cl2IN4/c25-21-15-5-1-3-7-19(15)28-23(30-21)13-9-10-14(17(11-13)18-12-27-18)24-29-20-8-4-2-6-16(20)22(26)31-24/h1-11,18H,12H2/q-1. The molecule has 1 fully saturated rings. The number of alkyl halides is 2. The van der Waals surface area contributed by atoms with Gasteiger partial charge in [0.15, 0.2) is 0 Å². The van der Waals surface area contributed by atoms with Gasteiger partial charge in [0.05, 0.1) is 0 Å². The maximum absolute atomic E-state index is 6.48. The van der Waals surface area contributed by atoms with E-state index in [4.69, 9.17) is 33.2 Å². The van der Waals surface area contributed by atoms with E-state index in [-0.39, 0.29) is 21.2 Å². The summed E-state index contributed by atoms with van der Waals surface area (Å²) in [5.74, 6) is 1.30. The second-order valence-corrected chi connectivity index (χ2v) is 11.3. The molecule has 0 saturated carbocycles. The fraction of sp³-hybridized carbons (Fsp3) is 0.0833. The van der Waals surface area contributed by atoms with E-state index in [1.807, 2.05) is 54.6 Å². The number of rotatable bonds is 3. The van der Waals surface area contributed by atoms with Crippen molar-refractivity contribution in [1.82, 2.24) is 19.9 Å². The molecule has 1 unspecified atom stereocenters. The normalized spacial score (nSPS) is 15.7. The summed E-state index contributed by atoms with van der Waals surface area (Å²) in [6.45, 7) is 0. The molecule has 0 bridgehead atoms. The Kier molecular flexibility index (Phi) is 4.78. The summed E-state index contributed by atoms with van der Waals surface area (Å²) >= 11 is 13.1. The summed E-state index contributed by atoms with van der Waals surface area (Å²) in [6.07, 6.45) is 0. The molecule has 5 aromatic rings. The van der Waals surface area contributed by atoms with Crippen LogP contribution in [0.2, 0.25) is 10.3 Å². The molecule has 0 aliphatic carbocycles. The van der Waals surface area contributed by atoms with Gasteiger partial charge in [-0.05, 0) is 0 Å². The third-order valence-corrected chi connectivity index (χ3v) is 8.32. The van der Waals surface area contributed by atoms with Crippen molar-refractivity contribution in [2.24, 2.45) is 0 Å². The molecule has 1 saturated heterocycles. The van der Waals surface area contributed by atoms with E-state index in [0.717, 1.165) is 32.9 Å². The van der Waals surface area contributed by atoms with Gasteiger partial charge in [-0.25, -0.2) is 0 Å². The molecule has 7 heteroatoms. The maximum atomic E-state index is 6.48. The molecular formula is C24H14Cl2IN4-. The number of fused-ring (bicyclic) bond motifs is 2. The molecule has 3 heterocycles. The van der Waals surface area contributed by atoms with Crippen molar-refractivity contribution in [3.8, 4) is 22.8 Å². The predicted molar refractivity (Wildman–Crippen MR) is 121 cm³/mol. The Labute approximate surface area is 199 Å². The molecule has 6 rings (SSSR count). The first kappa shape index (κ1) is 19.3. The van der Waals surface area contributed by atoms with Gasteiger partial charge >= 0.3 is 200 Å². The summed E-state index contributed by atoms with van der Waals surface area (Å²) in [5, 5.41) is 2.67. The average molecular weight is 556 g/mol. The van der Waals surface area contributed by atoms with Crippen molar-refractivity contribution >= 4 is 45.0 Å². The minimum absolute atomic E-state index is 0.170. The first-order valence-corrected chi connectivity index (χ1v) is 13.3. The van der Waals surface area contributed by atoms with Crippen LogP contribution >= 0.6 is 23.2 Å². The Morgan fingerprint density at radius 1 is 0.710 bits per heavy atom. The van der Waals surface area contributed by atoms with Crippen molar-refractivity contribution in [2.45, 2.75) is 3.92 Å². The summed E-state index contributed by atoms with van der Waals surface area (Å²) in [6, 6.07) is 21.9. The quantitative estimate of drug-likeness (QED) is 0.195. The number of hydrogen-bond acceptors (Lipinski definition) is 4. The van der Waals surface area contributed by atoms with E-state index >= 15 is 0 Å². The third-order valence-electron chi connectivity index (χ3n) is 5.31. The van der Waals surface area contributed by atoms with Crippen LogP contribution in [-0.4, -0.2) is 24.4 Å². The van der Waals surface area contributed by atoms with Gasteiger partial charge in [-0.3, -0.25) is 0 Å². The first-order chi connectivity index (χ1) is 15.2. The first-order valence-electron chi connectivity index (χ1n) is 9.74. The fourth-order valence-electron chi connectivity index (χ4n) is 3.70. The molecule has 0 amide bonds. The van der Waals surface area contributed by atoms with Crippen LogP contribution in [0.3, 0.4) is 0 Å².